The summed E-state index contributed by atoms with van der Waals surface area (Å²) in [6.45, 7) is 7.49. The Hall–Kier alpha value is -2.31. The summed E-state index contributed by atoms with van der Waals surface area (Å²) in [5.41, 5.74) is -0.250. The quantitative estimate of drug-likeness (QED) is 0.633. The lowest BCUT2D eigenvalue weighted by molar-refractivity contribution is -0.386. The van der Waals surface area contributed by atoms with Crippen molar-refractivity contribution in [1.82, 2.24) is 5.32 Å². The summed E-state index contributed by atoms with van der Waals surface area (Å²) in [4.78, 5) is 22.6. The van der Waals surface area contributed by atoms with Gasteiger partial charge in [-0.25, -0.2) is 4.79 Å². The number of benzene rings is 1. The molecule has 7 nitrogen and oxygen atoms in total. The Morgan fingerprint density at radius 1 is 1.38 bits per heavy atom. The Bertz CT molecular complexity index is 632. The fourth-order valence-electron chi connectivity index (χ4n) is 2.24. The van der Waals surface area contributed by atoms with Crippen LogP contribution in [0.15, 0.2) is 18.2 Å². The van der Waals surface area contributed by atoms with Crippen LogP contribution in [0.2, 0.25) is 0 Å². The average Bonchev–Trinajstić information content (AvgIpc) is 3.22. The minimum absolute atomic E-state index is 0.0533. The van der Waals surface area contributed by atoms with Crippen LogP contribution in [-0.2, 0) is 11.2 Å². The average molecular weight is 336 g/mol. The number of carbonyl (C=O) groups excluding carboxylic acids is 1. The zero-order valence-corrected chi connectivity index (χ0v) is 14.5. The molecule has 0 radical (unpaired) electrons. The number of hydrogen-bond acceptors (Lipinski definition) is 5. The molecule has 1 aliphatic rings. The molecule has 1 N–H and O–H groups in total. The molecule has 0 aromatic heterocycles. The third-order valence-electron chi connectivity index (χ3n) is 3.75. The molecule has 1 amide bonds. The van der Waals surface area contributed by atoms with Crippen LogP contribution in [0.5, 0.6) is 5.75 Å². The summed E-state index contributed by atoms with van der Waals surface area (Å²) >= 11 is 0. The number of aryl methyl sites for hydroxylation is 1. The van der Waals surface area contributed by atoms with Crippen molar-refractivity contribution in [1.29, 1.82) is 0 Å². The molecule has 1 fully saturated rings. The minimum atomic E-state index is -0.574. The van der Waals surface area contributed by atoms with Crippen molar-refractivity contribution >= 4 is 11.8 Å². The van der Waals surface area contributed by atoms with E-state index in [1.165, 1.54) is 6.07 Å². The van der Waals surface area contributed by atoms with Crippen molar-refractivity contribution in [3.8, 4) is 5.75 Å². The van der Waals surface area contributed by atoms with Crippen molar-refractivity contribution in [2.75, 3.05) is 6.61 Å². The van der Waals surface area contributed by atoms with Gasteiger partial charge < -0.3 is 14.8 Å². The standard InChI is InChI=1S/C17H24N2O5/c1-5-12-6-7-14(13(10-12)19(21)22)23-11-17(8-9-17)18-15(20)24-16(2,3)4/h6-7,10H,5,8-9,11H2,1-4H3,(H,18,20). The first-order chi connectivity index (χ1) is 11.1. The van der Waals surface area contributed by atoms with Gasteiger partial charge in [-0.15, -0.1) is 0 Å². The normalized spacial score (nSPS) is 15.5. The lowest BCUT2D eigenvalue weighted by atomic mass is 10.1. The van der Waals surface area contributed by atoms with Crippen LogP contribution >= 0.6 is 0 Å². The fourth-order valence-corrected chi connectivity index (χ4v) is 2.24. The van der Waals surface area contributed by atoms with E-state index in [4.69, 9.17) is 9.47 Å². The minimum Gasteiger partial charge on any atom is -0.484 e. The number of alkyl carbamates (subject to hydrolysis) is 1. The van der Waals surface area contributed by atoms with Crippen molar-refractivity contribution in [2.24, 2.45) is 0 Å². The van der Waals surface area contributed by atoms with E-state index in [1.54, 1.807) is 26.8 Å². The summed E-state index contributed by atoms with van der Waals surface area (Å²) in [7, 11) is 0. The predicted octanol–water partition coefficient (Wildman–Crippen LogP) is 3.59. The van der Waals surface area contributed by atoms with Crippen molar-refractivity contribution in [3.63, 3.8) is 0 Å². The van der Waals surface area contributed by atoms with E-state index >= 15 is 0 Å². The molecule has 0 heterocycles. The molecular weight excluding hydrogens is 312 g/mol. The van der Waals surface area contributed by atoms with E-state index in [1.807, 2.05) is 13.0 Å². The number of amides is 1. The van der Waals surface area contributed by atoms with Gasteiger partial charge in [0.1, 0.15) is 12.2 Å². The summed E-state index contributed by atoms with van der Waals surface area (Å²) < 4.78 is 10.9. The Morgan fingerprint density at radius 3 is 2.54 bits per heavy atom. The predicted molar refractivity (Wildman–Crippen MR) is 89.3 cm³/mol. The largest absolute Gasteiger partial charge is 0.484 e. The Balaban J connectivity index is 2.00. The zero-order chi connectivity index (χ0) is 18.0. The van der Waals surface area contributed by atoms with E-state index in [0.717, 1.165) is 18.4 Å². The van der Waals surface area contributed by atoms with Crippen LogP contribution in [-0.4, -0.2) is 28.8 Å². The molecule has 132 valence electrons. The summed E-state index contributed by atoms with van der Waals surface area (Å²) in [6.07, 6.45) is 1.73. The molecule has 0 unspecified atom stereocenters. The van der Waals surface area contributed by atoms with Crippen LogP contribution in [0.3, 0.4) is 0 Å². The maximum Gasteiger partial charge on any atom is 0.408 e. The lowest BCUT2D eigenvalue weighted by Gasteiger charge is -2.23. The third-order valence-corrected chi connectivity index (χ3v) is 3.75. The second-order valence-electron chi connectivity index (χ2n) is 7.11. The molecule has 1 aromatic rings. The number of nitrogens with zero attached hydrogens (tertiary/aromatic N) is 1. The monoisotopic (exact) mass is 336 g/mol. The van der Waals surface area contributed by atoms with Crippen molar-refractivity contribution in [2.45, 2.75) is 58.1 Å². The van der Waals surface area contributed by atoms with Gasteiger partial charge in [0.25, 0.3) is 0 Å². The molecule has 1 aliphatic carbocycles. The Labute approximate surface area is 141 Å². The number of nitro groups is 1. The second kappa shape index (κ2) is 6.67. The van der Waals surface area contributed by atoms with Gasteiger partial charge in [0.15, 0.2) is 5.75 Å². The van der Waals surface area contributed by atoms with Gasteiger partial charge >= 0.3 is 11.8 Å². The number of hydrogen-bond donors (Lipinski definition) is 1. The molecule has 1 saturated carbocycles. The van der Waals surface area contributed by atoms with E-state index < -0.39 is 22.2 Å². The molecule has 0 saturated heterocycles. The highest BCUT2D eigenvalue weighted by Gasteiger charge is 2.46. The van der Waals surface area contributed by atoms with Crippen LogP contribution in [0.25, 0.3) is 0 Å². The van der Waals surface area contributed by atoms with Crippen LogP contribution in [0.4, 0.5) is 10.5 Å². The maximum atomic E-state index is 11.9. The lowest BCUT2D eigenvalue weighted by Crippen LogP contribution is -2.44. The first-order valence-corrected chi connectivity index (χ1v) is 8.05. The van der Waals surface area contributed by atoms with Gasteiger partial charge in [-0.2, -0.15) is 0 Å². The number of rotatable bonds is 6. The van der Waals surface area contributed by atoms with Gasteiger partial charge in [-0.3, -0.25) is 10.1 Å². The molecule has 0 atom stereocenters. The maximum absolute atomic E-state index is 11.9. The Morgan fingerprint density at radius 2 is 2.04 bits per heavy atom. The van der Waals surface area contributed by atoms with Gasteiger partial charge in [-0.1, -0.05) is 13.0 Å². The molecule has 1 aromatic carbocycles. The first kappa shape index (κ1) is 18.0. The molecule has 0 spiro atoms. The topological polar surface area (TPSA) is 90.7 Å². The first-order valence-electron chi connectivity index (χ1n) is 8.05. The number of nitro benzene ring substituents is 1. The molecule has 2 rings (SSSR count). The number of nitrogens with one attached hydrogen (secondary N) is 1. The van der Waals surface area contributed by atoms with E-state index in [0.29, 0.717) is 6.42 Å². The molecule has 24 heavy (non-hydrogen) atoms. The fraction of sp³-hybridized carbons (Fsp3) is 0.588. The highest BCUT2D eigenvalue weighted by Crippen LogP contribution is 2.37. The van der Waals surface area contributed by atoms with Gasteiger partial charge in [0.2, 0.25) is 0 Å². The summed E-state index contributed by atoms with van der Waals surface area (Å²) in [5.74, 6) is 0.217. The highest BCUT2D eigenvalue weighted by atomic mass is 16.6. The summed E-state index contributed by atoms with van der Waals surface area (Å²) in [5, 5.41) is 14.0. The van der Waals surface area contributed by atoms with Crippen molar-refractivity contribution in [3.05, 3.63) is 33.9 Å². The second-order valence-corrected chi connectivity index (χ2v) is 7.11. The summed E-state index contributed by atoms with van der Waals surface area (Å²) in [6, 6.07) is 4.94. The Kier molecular flexibility index (Phi) is 5.01. The van der Waals surface area contributed by atoms with Gasteiger partial charge in [-0.05, 0) is 51.7 Å². The van der Waals surface area contributed by atoms with Gasteiger partial charge in [0.05, 0.1) is 10.5 Å². The van der Waals surface area contributed by atoms with E-state index in [2.05, 4.69) is 5.32 Å². The van der Waals surface area contributed by atoms with Crippen LogP contribution < -0.4 is 10.1 Å². The smallest absolute Gasteiger partial charge is 0.408 e. The van der Waals surface area contributed by atoms with Crippen molar-refractivity contribution < 1.29 is 19.2 Å². The van der Waals surface area contributed by atoms with Crippen LogP contribution in [0, 0.1) is 10.1 Å². The zero-order valence-electron chi connectivity index (χ0n) is 14.5. The van der Waals surface area contributed by atoms with E-state index in [-0.39, 0.29) is 18.0 Å². The van der Waals surface area contributed by atoms with E-state index in [9.17, 15) is 14.9 Å². The SMILES string of the molecule is CCc1ccc(OCC2(NC(=O)OC(C)(C)C)CC2)c([N+](=O)[O-])c1. The van der Waals surface area contributed by atoms with Gasteiger partial charge in [0, 0.05) is 6.07 Å². The molecule has 7 heteroatoms. The highest BCUT2D eigenvalue weighted by molar-refractivity contribution is 5.69. The molecule has 0 bridgehead atoms. The molecular formula is C17H24N2O5. The number of ether oxygens (including phenoxy) is 2. The van der Waals surface area contributed by atoms with Crippen LogP contribution in [0.1, 0.15) is 46.1 Å². The number of carbonyl (C=O) groups is 1. The molecule has 0 aliphatic heterocycles. The third kappa shape index (κ3) is 4.84.